The van der Waals surface area contributed by atoms with Gasteiger partial charge in [-0.25, -0.2) is 0 Å². The van der Waals surface area contributed by atoms with Gasteiger partial charge < -0.3 is 20.7 Å². The fraction of sp³-hybridized carbons (Fsp3) is 0.200. The van der Waals surface area contributed by atoms with E-state index in [-0.39, 0.29) is 5.75 Å². The molecule has 3 rings (SSSR count). The number of rotatable bonds is 5. The molecule has 0 heterocycles. The van der Waals surface area contributed by atoms with E-state index in [0.717, 1.165) is 12.1 Å². The van der Waals surface area contributed by atoms with Gasteiger partial charge in [-0.2, -0.15) is 13.2 Å². The van der Waals surface area contributed by atoms with Gasteiger partial charge in [0.05, 0.1) is 24.3 Å². The Bertz CT molecular complexity index is 953. The molecule has 0 spiro atoms. The van der Waals surface area contributed by atoms with Gasteiger partial charge in [-0.1, -0.05) is 30.3 Å². The number of hydrogen-bond acceptors (Lipinski definition) is 4. The van der Waals surface area contributed by atoms with Gasteiger partial charge in [-0.3, -0.25) is 0 Å². The Morgan fingerprint density at radius 1 is 0.852 bits per heavy atom. The zero-order valence-electron chi connectivity index (χ0n) is 14.2. The maximum Gasteiger partial charge on any atom is 0.416 e. The number of halogens is 3. The summed E-state index contributed by atoms with van der Waals surface area (Å²) in [7, 11) is 0. The zero-order valence-corrected chi connectivity index (χ0v) is 14.2. The summed E-state index contributed by atoms with van der Waals surface area (Å²) in [5.74, 6) is 0.425. The molecule has 0 amide bonds. The van der Waals surface area contributed by atoms with Crippen molar-refractivity contribution in [1.29, 1.82) is 0 Å². The van der Waals surface area contributed by atoms with Gasteiger partial charge in [0.2, 0.25) is 0 Å². The number of nitrogens with two attached hydrogens (primary N) is 1. The lowest BCUT2D eigenvalue weighted by Gasteiger charge is -2.26. The van der Waals surface area contributed by atoms with Crippen molar-refractivity contribution >= 4 is 10.8 Å². The van der Waals surface area contributed by atoms with Crippen LogP contribution >= 0.6 is 0 Å². The highest BCUT2D eigenvalue weighted by atomic mass is 19.4. The van der Waals surface area contributed by atoms with Crippen molar-refractivity contribution in [3.05, 3.63) is 71.8 Å². The molecule has 0 saturated carbocycles. The van der Waals surface area contributed by atoms with E-state index in [0.29, 0.717) is 22.1 Å². The topological polar surface area (TPSA) is 75.7 Å². The molecule has 0 bridgehead atoms. The molecular formula is C20H18F3NO3. The van der Waals surface area contributed by atoms with Crippen molar-refractivity contribution in [3.63, 3.8) is 0 Å². The number of fused-ring (bicyclic) bond motifs is 1. The van der Waals surface area contributed by atoms with Crippen LogP contribution < -0.4 is 10.5 Å². The fourth-order valence-corrected chi connectivity index (χ4v) is 2.85. The molecular weight excluding hydrogens is 359 g/mol. The van der Waals surface area contributed by atoms with Gasteiger partial charge in [-0.15, -0.1) is 0 Å². The van der Waals surface area contributed by atoms with Crippen LogP contribution in [0.4, 0.5) is 13.2 Å². The van der Waals surface area contributed by atoms with Gasteiger partial charge in [-0.05, 0) is 46.7 Å². The van der Waals surface area contributed by atoms with Crippen LogP contribution in [0.5, 0.6) is 11.5 Å². The van der Waals surface area contributed by atoms with E-state index < -0.39 is 30.5 Å². The van der Waals surface area contributed by atoms with E-state index in [1.165, 1.54) is 12.1 Å². The highest BCUT2D eigenvalue weighted by Crippen LogP contribution is 2.34. The molecule has 0 fully saturated rings. The summed E-state index contributed by atoms with van der Waals surface area (Å²) in [4.78, 5) is 0. The first-order valence-corrected chi connectivity index (χ1v) is 8.16. The van der Waals surface area contributed by atoms with Gasteiger partial charge in [0.1, 0.15) is 11.5 Å². The molecule has 27 heavy (non-hydrogen) atoms. The van der Waals surface area contributed by atoms with Crippen molar-refractivity contribution in [2.45, 2.75) is 11.7 Å². The zero-order chi connectivity index (χ0) is 19.7. The molecule has 142 valence electrons. The molecule has 0 unspecified atom stereocenters. The quantitative estimate of drug-likeness (QED) is 0.632. The van der Waals surface area contributed by atoms with Crippen molar-refractivity contribution in [2.24, 2.45) is 5.73 Å². The summed E-state index contributed by atoms with van der Waals surface area (Å²) >= 11 is 0. The van der Waals surface area contributed by atoms with E-state index in [9.17, 15) is 23.4 Å². The third kappa shape index (κ3) is 3.90. The van der Waals surface area contributed by atoms with Gasteiger partial charge in [0, 0.05) is 0 Å². The average molecular weight is 377 g/mol. The van der Waals surface area contributed by atoms with Crippen molar-refractivity contribution < 1.29 is 28.1 Å². The monoisotopic (exact) mass is 377 g/mol. The normalized spacial score (nSPS) is 12.4. The standard InChI is InChI=1S/C20H18F3NO3/c21-20(22,23)14-4-2-5-15(10-14)27-16-7-8-17-13(9-16)3-1-6-18(17)19(24,11-25)12-26/h1-10,25-26H,11-12,24H2. The Hall–Kier alpha value is -2.61. The SMILES string of the molecule is NC(CO)(CO)c1cccc2cc(Oc3cccc(C(F)(F)F)c3)ccc12. The molecule has 7 heteroatoms. The predicted octanol–water partition coefficient (Wildman–Crippen LogP) is 3.79. The maximum atomic E-state index is 12.8. The van der Waals surface area contributed by atoms with Crippen LogP contribution in [-0.4, -0.2) is 23.4 Å². The van der Waals surface area contributed by atoms with E-state index >= 15 is 0 Å². The van der Waals surface area contributed by atoms with Crippen molar-refractivity contribution in [3.8, 4) is 11.5 Å². The van der Waals surface area contributed by atoms with E-state index in [4.69, 9.17) is 10.5 Å². The van der Waals surface area contributed by atoms with Crippen LogP contribution in [0.2, 0.25) is 0 Å². The smallest absolute Gasteiger partial charge is 0.416 e. The number of benzene rings is 3. The Labute approximate surface area is 153 Å². The molecule has 0 radical (unpaired) electrons. The molecule has 0 aliphatic carbocycles. The second-order valence-electron chi connectivity index (χ2n) is 6.29. The summed E-state index contributed by atoms with van der Waals surface area (Å²) in [5, 5.41) is 20.5. The largest absolute Gasteiger partial charge is 0.457 e. The lowest BCUT2D eigenvalue weighted by atomic mass is 9.88. The average Bonchev–Trinajstić information content (AvgIpc) is 2.66. The maximum absolute atomic E-state index is 12.8. The number of aliphatic hydroxyl groups is 2. The summed E-state index contributed by atoms with van der Waals surface area (Å²) in [6.45, 7) is -0.879. The predicted molar refractivity (Wildman–Crippen MR) is 95.5 cm³/mol. The molecule has 4 N–H and O–H groups in total. The highest BCUT2D eigenvalue weighted by Gasteiger charge is 2.31. The minimum atomic E-state index is -4.45. The minimum Gasteiger partial charge on any atom is -0.457 e. The van der Waals surface area contributed by atoms with E-state index in [1.807, 2.05) is 0 Å². The van der Waals surface area contributed by atoms with Crippen LogP contribution in [0.1, 0.15) is 11.1 Å². The third-order valence-electron chi connectivity index (χ3n) is 4.35. The van der Waals surface area contributed by atoms with E-state index in [2.05, 4.69) is 0 Å². The second-order valence-corrected chi connectivity index (χ2v) is 6.29. The highest BCUT2D eigenvalue weighted by molar-refractivity contribution is 5.88. The lowest BCUT2D eigenvalue weighted by Crippen LogP contribution is -2.44. The lowest BCUT2D eigenvalue weighted by molar-refractivity contribution is -0.137. The van der Waals surface area contributed by atoms with Crippen LogP contribution in [0.25, 0.3) is 10.8 Å². The molecule has 0 atom stereocenters. The Balaban J connectivity index is 1.97. The molecule has 3 aromatic rings. The van der Waals surface area contributed by atoms with Gasteiger partial charge >= 0.3 is 6.18 Å². The molecule has 0 aliphatic rings. The van der Waals surface area contributed by atoms with Crippen molar-refractivity contribution in [1.82, 2.24) is 0 Å². The molecule has 0 saturated heterocycles. The summed E-state index contributed by atoms with van der Waals surface area (Å²) in [5.41, 5.74) is 4.54. The summed E-state index contributed by atoms with van der Waals surface area (Å²) < 4.78 is 44.1. The van der Waals surface area contributed by atoms with Crippen LogP contribution in [0.15, 0.2) is 60.7 Å². The number of aliphatic hydroxyl groups excluding tert-OH is 2. The van der Waals surface area contributed by atoms with Crippen molar-refractivity contribution in [2.75, 3.05) is 13.2 Å². The fourth-order valence-electron chi connectivity index (χ4n) is 2.85. The van der Waals surface area contributed by atoms with Gasteiger partial charge in [0.25, 0.3) is 0 Å². The first kappa shape index (κ1) is 19.2. The molecule has 4 nitrogen and oxygen atoms in total. The van der Waals surface area contributed by atoms with Crippen LogP contribution in [0, 0.1) is 0 Å². The number of hydrogen-bond donors (Lipinski definition) is 3. The minimum absolute atomic E-state index is 0.0687. The Morgan fingerprint density at radius 2 is 1.52 bits per heavy atom. The van der Waals surface area contributed by atoms with Crippen LogP contribution in [0.3, 0.4) is 0 Å². The molecule has 0 aromatic heterocycles. The molecule has 0 aliphatic heterocycles. The first-order chi connectivity index (χ1) is 12.8. The van der Waals surface area contributed by atoms with E-state index in [1.54, 1.807) is 36.4 Å². The second kappa shape index (κ2) is 7.19. The van der Waals surface area contributed by atoms with Gasteiger partial charge in [0.15, 0.2) is 0 Å². The Morgan fingerprint density at radius 3 is 2.19 bits per heavy atom. The summed E-state index contributed by atoms with van der Waals surface area (Å²) in [6, 6.07) is 14.8. The van der Waals surface area contributed by atoms with Crippen LogP contribution in [-0.2, 0) is 11.7 Å². The third-order valence-corrected chi connectivity index (χ3v) is 4.35. The first-order valence-electron chi connectivity index (χ1n) is 8.16. The summed E-state index contributed by atoms with van der Waals surface area (Å²) in [6.07, 6.45) is -4.45. The number of alkyl halides is 3. The molecule has 3 aromatic carbocycles. The number of ether oxygens (including phenoxy) is 1. The Kier molecular flexibility index (Phi) is 5.10.